The number of hydrogen-bond acceptors (Lipinski definition) is 2. The van der Waals surface area contributed by atoms with E-state index in [2.05, 4.69) is 12.2 Å². The van der Waals surface area contributed by atoms with Gasteiger partial charge in [-0.05, 0) is 31.6 Å². The quantitative estimate of drug-likeness (QED) is 0.788. The van der Waals surface area contributed by atoms with Gasteiger partial charge in [-0.2, -0.15) is 0 Å². The van der Waals surface area contributed by atoms with E-state index in [1.807, 2.05) is 18.7 Å². The van der Waals surface area contributed by atoms with Crippen molar-refractivity contribution >= 4 is 12.0 Å². The van der Waals surface area contributed by atoms with Gasteiger partial charge in [0.05, 0.1) is 5.92 Å². The van der Waals surface area contributed by atoms with Crippen molar-refractivity contribution < 1.29 is 14.7 Å². The Kier molecular flexibility index (Phi) is 6.82. The molecule has 0 saturated carbocycles. The van der Waals surface area contributed by atoms with Crippen LogP contribution in [-0.4, -0.2) is 41.1 Å². The van der Waals surface area contributed by atoms with Gasteiger partial charge >= 0.3 is 12.0 Å². The number of piperidine rings is 1. The number of rotatable bonds is 6. The van der Waals surface area contributed by atoms with Crippen LogP contribution in [0.4, 0.5) is 4.79 Å². The number of nitrogens with zero attached hydrogens (tertiary/aromatic N) is 1. The Bertz CT molecular complexity index is 329. The Morgan fingerprint density at radius 1 is 1.35 bits per heavy atom. The van der Waals surface area contributed by atoms with E-state index in [0.29, 0.717) is 6.04 Å². The summed E-state index contributed by atoms with van der Waals surface area (Å²) >= 11 is 0. The maximum absolute atomic E-state index is 12.3. The molecule has 0 bridgehead atoms. The summed E-state index contributed by atoms with van der Waals surface area (Å²) < 4.78 is 0. The summed E-state index contributed by atoms with van der Waals surface area (Å²) in [6.45, 7) is 6.86. The van der Waals surface area contributed by atoms with E-state index in [4.69, 9.17) is 5.11 Å². The van der Waals surface area contributed by atoms with Gasteiger partial charge in [0.15, 0.2) is 0 Å². The Labute approximate surface area is 121 Å². The molecule has 1 heterocycles. The van der Waals surface area contributed by atoms with Gasteiger partial charge in [-0.3, -0.25) is 4.79 Å². The van der Waals surface area contributed by atoms with E-state index >= 15 is 0 Å². The predicted octanol–water partition coefficient (Wildman–Crippen LogP) is 2.71. The zero-order chi connectivity index (χ0) is 15.1. The predicted molar refractivity (Wildman–Crippen MR) is 78.6 cm³/mol. The van der Waals surface area contributed by atoms with Crippen LogP contribution in [0, 0.1) is 11.8 Å². The lowest BCUT2D eigenvalue weighted by Gasteiger charge is -2.36. The van der Waals surface area contributed by atoms with Gasteiger partial charge in [0.2, 0.25) is 0 Å². The first kappa shape index (κ1) is 16.8. The van der Waals surface area contributed by atoms with Crippen LogP contribution in [0.3, 0.4) is 0 Å². The number of urea groups is 1. The molecule has 1 aliphatic heterocycles. The molecule has 2 atom stereocenters. The molecule has 5 nitrogen and oxygen atoms in total. The average molecular weight is 284 g/mol. The molecule has 1 aliphatic rings. The molecule has 1 saturated heterocycles. The van der Waals surface area contributed by atoms with Crippen LogP contribution in [0.2, 0.25) is 0 Å². The van der Waals surface area contributed by atoms with Crippen LogP contribution in [0.15, 0.2) is 0 Å². The maximum Gasteiger partial charge on any atom is 0.317 e. The van der Waals surface area contributed by atoms with Gasteiger partial charge in [-0.25, -0.2) is 4.79 Å². The van der Waals surface area contributed by atoms with Crippen LogP contribution in [0.5, 0.6) is 0 Å². The van der Waals surface area contributed by atoms with Crippen molar-refractivity contribution in [2.75, 3.05) is 13.1 Å². The topological polar surface area (TPSA) is 69.6 Å². The van der Waals surface area contributed by atoms with Crippen molar-refractivity contribution in [2.45, 2.75) is 58.9 Å². The monoisotopic (exact) mass is 284 g/mol. The lowest BCUT2D eigenvalue weighted by atomic mass is 9.96. The zero-order valence-electron chi connectivity index (χ0n) is 12.9. The Morgan fingerprint density at radius 2 is 2.05 bits per heavy atom. The number of hydrogen-bond donors (Lipinski definition) is 2. The second-order valence-electron chi connectivity index (χ2n) is 6.01. The van der Waals surface area contributed by atoms with E-state index in [0.717, 1.165) is 32.2 Å². The third-order valence-corrected chi connectivity index (χ3v) is 4.11. The van der Waals surface area contributed by atoms with Crippen LogP contribution in [0.1, 0.15) is 52.9 Å². The fraction of sp³-hybridized carbons (Fsp3) is 0.867. The summed E-state index contributed by atoms with van der Waals surface area (Å²) in [6, 6.07) is 0.214. The number of amides is 2. The van der Waals surface area contributed by atoms with Crippen molar-refractivity contribution in [1.82, 2.24) is 10.2 Å². The van der Waals surface area contributed by atoms with Gasteiger partial charge in [0.1, 0.15) is 0 Å². The Hall–Kier alpha value is -1.26. The first-order valence-electron chi connectivity index (χ1n) is 7.74. The van der Waals surface area contributed by atoms with E-state index in [9.17, 15) is 9.59 Å². The van der Waals surface area contributed by atoms with Gasteiger partial charge < -0.3 is 15.3 Å². The van der Waals surface area contributed by atoms with E-state index < -0.39 is 11.9 Å². The number of carboxylic acids is 1. The summed E-state index contributed by atoms with van der Waals surface area (Å²) in [5.41, 5.74) is 0. The second kappa shape index (κ2) is 8.12. The Morgan fingerprint density at radius 3 is 2.60 bits per heavy atom. The minimum Gasteiger partial charge on any atom is -0.481 e. The van der Waals surface area contributed by atoms with E-state index in [1.54, 1.807) is 0 Å². The minimum atomic E-state index is -0.843. The molecule has 5 heteroatoms. The molecule has 2 N–H and O–H groups in total. The number of carboxylic acid groups (broad SMARTS) is 1. The summed E-state index contributed by atoms with van der Waals surface area (Å²) in [7, 11) is 0. The summed E-state index contributed by atoms with van der Waals surface area (Å²) in [5.74, 6) is -1.35. The summed E-state index contributed by atoms with van der Waals surface area (Å²) in [4.78, 5) is 25.3. The van der Waals surface area contributed by atoms with Crippen LogP contribution < -0.4 is 5.32 Å². The third kappa shape index (κ3) is 4.69. The number of carbonyl (C=O) groups is 2. The maximum atomic E-state index is 12.3. The molecule has 1 fully saturated rings. The van der Waals surface area contributed by atoms with Crippen LogP contribution >= 0.6 is 0 Å². The summed E-state index contributed by atoms with van der Waals surface area (Å²) in [5, 5.41) is 11.9. The highest BCUT2D eigenvalue weighted by Gasteiger charge is 2.28. The number of aliphatic carboxylic acids is 1. The molecule has 0 spiro atoms. The molecule has 1 rings (SSSR count). The standard InChI is InChI=1S/C15H28N2O3/c1-4-7-12-8-5-6-9-17(12)15(20)16-10-13(11(2)3)14(18)19/h11-13H,4-10H2,1-3H3,(H,16,20)(H,18,19). The molecule has 0 aromatic heterocycles. The normalized spacial score (nSPS) is 20.8. The molecule has 2 unspecified atom stereocenters. The Balaban J connectivity index is 2.53. The fourth-order valence-corrected chi connectivity index (χ4v) is 2.81. The lowest BCUT2D eigenvalue weighted by Crippen LogP contribution is -2.50. The van der Waals surface area contributed by atoms with Gasteiger partial charge in [-0.15, -0.1) is 0 Å². The van der Waals surface area contributed by atoms with Crippen LogP contribution in [-0.2, 0) is 4.79 Å². The number of nitrogens with one attached hydrogen (secondary N) is 1. The van der Waals surface area contributed by atoms with Gasteiger partial charge in [0.25, 0.3) is 0 Å². The zero-order valence-corrected chi connectivity index (χ0v) is 12.9. The summed E-state index contributed by atoms with van der Waals surface area (Å²) in [6.07, 6.45) is 5.38. The molecular formula is C15H28N2O3. The fourth-order valence-electron chi connectivity index (χ4n) is 2.81. The molecule has 116 valence electrons. The molecule has 0 aromatic carbocycles. The highest BCUT2D eigenvalue weighted by molar-refractivity contribution is 5.76. The van der Waals surface area contributed by atoms with Gasteiger partial charge in [-0.1, -0.05) is 27.2 Å². The molecular weight excluding hydrogens is 256 g/mol. The van der Waals surface area contributed by atoms with Crippen molar-refractivity contribution in [2.24, 2.45) is 11.8 Å². The molecule has 0 aromatic rings. The molecule has 2 amide bonds. The van der Waals surface area contributed by atoms with Crippen molar-refractivity contribution in [3.8, 4) is 0 Å². The van der Waals surface area contributed by atoms with Gasteiger partial charge in [0, 0.05) is 19.1 Å². The highest BCUT2D eigenvalue weighted by Crippen LogP contribution is 2.21. The first-order valence-corrected chi connectivity index (χ1v) is 7.74. The van der Waals surface area contributed by atoms with E-state index in [1.165, 1.54) is 6.42 Å². The van der Waals surface area contributed by atoms with Crippen molar-refractivity contribution in [1.29, 1.82) is 0 Å². The van der Waals surface area contributed by atoms with Crippen LogP contribution in [0.25, 0.3) is 0 Å². The largest absolute Gasteiger partial charge is 0.481 e. The lowest BCUT2D eigenvalue weighted by molar-refractivity contribution is -0.142. The number of likely N-dealkylation sites (tertiary alicyclic amines) is 1. The molecule has 20 heavy (non-hydrogen) atoms. The highest BCUT2D eigenvalue weighted by atomic mass is 16.4. The third-order valence-electron chi connectivity index (χ3n) is 4.11. The first-order chi connectivity index (χ1) is 9.47. The minimum absolute atomic E-state index is 0.0144. The second-order valence-corrected chi connectivity index (χ2v) is 6.01. The SMILES string of the molecule is CCCC1CCCCN1C(=O)NCC(C(=O)O)C(C)C. The molecule has 0 radical (unpaired) electrons. The van der Waals surface area contributed by atoms with E-state index in [-0.39, 0.29) is 18.5 Å². The number of carbonyl (C=O) groups excluding carboxylic acids is 1. The smallest absolute Gasteiger partial charge is 0.317 e. The van der Waals surface area contributed by atoms with Crippen molar-refractivity contribution in [3.63, 3.8) is 0 Å². The average Bonchev–Trinajstić information content (AvgIpc) is 2.39. The molecule has 0 aliphatic carbocycles. The van der Waals surface area contributed by atoms with Crippen molar-refractivity contribution in [3.05, 3.63) is 0 Å².